The zero-order chi connectivity index (χ0) is 19.3. The zero-order valence-corrected chi connectivity index (χ0v) is 15.4. The molecule has 0 spiro atoms. The molecule has 0 heterocycles. The van der Waals surface area contributed by atoms with Crippen molar-refractivity contribution in [1.29, 1.82) is 0 Å². The van der Waals surface area contributed by atoms with E-state index in [4.69, 9.17) is 16.3 Å². The van der Waals surface area contributed by atoms with Crippen LogP contribution in [0.2, 0.25) is 5.02 Å². The second kappa shape index (κ2) is 8.63. The molecule has 0 aliphatic heterocycles. The van der Waals surface area contributed by atoms with E-state index >= 15 is 0 Å². The number of benzene rings is 2. The summed E-state index contributed by atoms with van der Waals surface area (Å²) in [6.07, 6.45) is 1.24. The van der Waals surface area contributed by atoms with Crippen molar-refractivity contribution in [3.63, 3.8) is 0 Å². The summed E-state index contributed by atoms with van der Waals surface area (Å²) in [7, 11) is 0. The molecular formula is C20H19ClFNO3. The molecule has 0 bridgehead atoms. The van der Waals surface area contributed by atoms with Crippen LogP contribution in [0.5, 0.6) is 0 Å². The van der Waals surface area contributed by atoms with Gasteiger partial charge in [-0.25, -0.2) is 9.18 Å². The standard InChI is InChI=1S/C20H19ClFNO3/c1-12-7-9-18(13(2)11-12)23-20(25)14(3)26-19(24)10-8-15-16(21)5-4-6-17(15)22/h4-11,14H,1-3H3,(H,23,25)/b10-8+. The maximum atomic E-state index is 13.6. The van der Waals surface area contributed by atoms with Gasteiger partial charge in [0.1, 0.15) is 5.82 Å². The van der Waals surface area contributed by atoms with Gasteiger partial charge >= 0.3 is 5.97 Å². The number of nitrogens with one attached hydrogen (secondary N) is 1. The van der Waals surface area contributed by atoms with Crippen molar-refractivity contribution in [1.82, 2.24) is 0 Å². The van der Waals surface area contributed by atoms with Gasteiger partial charge in [-0.3, -0.25) is 4.79 Å². The van der Waals surface area contributed by atoms with Crippen LogP contribution in [-0.2, 0) is 14.3 Å². The number of carbonyl (C=O) groups excluding carboxylic acids is 2. The van der Waals surface area contributed by atoms with E-state index in [0.29, 0.717) is 5.69 Å². The summed E-state index contributed by atoms with van der Waals surface area (Å²) in [5, 5.41) is 2.89. The van der Waals surface area contributed by atoms with Crippen LogP contribution in [-0.4, -0.2) is 18.0 Å². The minimum Gasteiger partial charge on any atom is -0.449 e. The monoisotopic (exact) mass is 375 g/mol. The van der Waals surface area contributed by atoms with Crippen LogP contribution in [0.3, 0.4) is 0 Å². The molecule has 1 amide bonds. The Morgan fingerprint density at radius 1 is 1.23 bits per heavy atom. The molecule has 0 radical (unpaired) electrons. The lowest BCUT2D eigenvalue weighted by Gasteiger charge is -2.14. The van der Waals surface area contributed by atoms with Gasteiger partial charge in [-0.1, -0.05) is 35.4 Å². The SMILES string of the molecule is Cc1ccc(NC(=O)C(C)OC(=O)/C=C/c2c(F)cccc2Cl)c(C)c1. The highest BCUT2D eigenvalue weighted by Gasteiger charge is 2.17. The number of rotatable bonds is 5. The Morgan fingerprint density at radius 2 is 1.96 bits per heavy atom. The first-order chi connectivity index (χ1) is 12.3. The predicted molar refractivity (Wildman–Crippen MR) is 101 cm³/mol. The van der Waals surface area contributed by atoms with Crippen molar-refractivity contribution in [2.24, 2.45) is 0 Å². The van der Waals surface area contributed by atoms with Crippen LogP contribution < -0.4 is 5.32 Å². The molecule has 0 saturated heterocycles. The lowest BCUT2D eigenvalue weighted by molar-refractivity contribution is -0.148. The molecule has 136 valence electrons. The first-order valence-electron chi connectivity index (χ1n) is 7.98. The third-order valence-corrected chi connectivity index (χ3v) is 4.02. The molecule has 0 saturated carbocycles. The van der Waals surface area contributed by atoms with Gasteiger partial charge in [-0.05, 0) is 50.6 Å². The van der Waals surface area contributed by atoms with Gasteiger partial charge in [0, 0.05) is 17.3 Å². The van der Waals surface area contributed by atoms with Gasteiger partial charge < -0.3 is 10.1 Å². The highest BCUT2D eigenvalue weighted by atomic mass is 35.5. The van der Waals surface area contributed by atoms with E-state index in [2.05, 4.69) is 5.32 Å². The number of ether oxygens (including phenoxy) is 1. The molecule has 6 heteroatoms. The van der Waals surface area contributed by atoms with Gasteiger partial charge in [-0.15, -0.1) is 0 Å². The molecule has 0 aliphatic carbocycles. The van der Waals surface area contributed by atoms with Crippen LogP contribution in [0.1, 0.15) is 23.6 Å². The van der Waals surface area contributed by atoms with Crippen molar-refractivity contribution in [3.8, 4) is 0 Å². The second-order valence-electron chi connectivity index (χ2n) is 5.86. The van der Waals surface area contributed by atoms with E-state index in [1.807, 2.05) is 26.0 Å². The van der Waals surface area contributed by atoms with Crippen LogP contribution in [0.15, 0.2) is 42.5 Å². The summed E-state index contributed by atoms with van der Waals surface area (Å²) in [4.78, 5) is 24.0. The normalized spacial score (nSPS) is 12.0. The fraction of sp³-hybridized carbons (Fsp3) is 0.200. The smallest absolute Gasteiger partial charge is 0.331 e. The average Bonchev–Trinajstić information content (AvgIpc) is 2.56. The van der Waals surface area contributed by atoms with E-state index in [1.165, 1.54) is 31.2 Å². The van der Waals surface area contributed by atoms with Gasteiger partial charge in [0.05, 0.1) is 5.02 Å². The molecule has 2 aromatic rings. The number of carbonyl (C=O) groups is 2. The Balaban J connectivity index is 1.97. The van der Waals surface area contributed by atoms with Crippen molar-refractivity contribution >= 4 is 35.2 Å². The van der Waals surface area contributed by atoms with E-state index in [0.717, 1.165) is 17.2 Å². The number of aryl methyl sites for hydroxylation is 2. The highest BCUT2D eigenvalue weighted by Crippen LogP contribution is 2.20. The molecule has 4 nitrogen and oxygen atoms in total. The molecule has 1 unspecified atom stereocenters. The number of anilines is 1. The van der Waals surface area contributed by atoms with Gasteiger partial charge in [-0.2, -0.15) is 0 Å². The molecular weight excluding hydrogens is 357 g/mol. The number of esters is 1. The molecule has 0 aromatic heterocycles. The summed E-state index contributed by atoms with van der Waals surface area (Å²) in [6.45, 7) is 5.29. The van der Waals surface area contributed by atoms with Crippen LogP contribution in [0.4, 0.5) is 10.1 Å². The van der Waals surface area contributed by atoms with Crippen LogP contribution >= 0.6 is 11.6 Å². The summed E-state index contributed by atoms with van der Waals surface area (Å²) >= 11 is 5.88. The number of halogens is 2. The Labute approximate surface area is 156 Å². The predicted octanol–water partition coefficient (Wildman–Crippen LogP) is 4.68. The number of hydrogen-bond donors (Lipinski definition) is 1. The minimum atomic E-state index is -1.01. The molecule has 26 heavy (non-hydrogen) atoms. The summed E-state index contributed by atoms with van der Waals surface area (Å²) in [5.41, 5.74) is 2.72. The van der Waals surface area contributed by atoms with E-state index < -0.39 is 23.8 Å². The third-order valence-electron chi connectivity index (χ3n) is 3.69. The summed E-state index contributed by atoms with van der Waals surface area (Å²) < 4.78 is 18.7. The molecule has 1 N–H and O–H groups in total. The largest absolute Gasteiger partial charge is 0.449 e. The topological polar surface area (TPSA) is 55.4 Å². The molecule has 2 rings (SSSR count). The Hall–Kier alpha value is -2.66. The quantitative estimate of drug-likeness (QED) is 0.609. The maximum absolute atomic E-state index is 13.6. The minimum absolute atomic E-state index is 0.0819. The van der Waals surface area contributed by atoms with Crippen molar-refractivity contribution in [2.45, 2.75) is 26.9 Å². The van der Waals surface area contributed by atoms with E-state index in [9.17, 15) is 14.0 Å². The Bertz CT molecular complexity index is 844. The van der Waals surface area contributed by atoms with Crippen molar-refractivity contribution in [2.75, 3.05) is 5.32 Å². The number of amides is 1. The molecule has 1 atom stereocenters. The summed E-state index contributed by atoms with van der Waals surface area (Å²) in [5.74, 6) is -1.78. The van der Waals surface area contributed by atoms with Crippen molar-refractivity contribution < 1.29 is 18.7 Å². The molecule has 2 aromatic carbocycles. The summed E-state index contributed by atoms with van der Waals surface area (Å²) in [6, 6.07) is 9.81. The zero-order valence-electron chi connectivity index (χ0n) is 14.7. The lowest BCUT2D eigenvalue weighted by Crippen LogP contribution is -2.29. The van der Waals surface area contributed by atoms with Gasteiger partial charge in [0.2, 0.25) is 0 Å². The van der Waals surface area contributed by atoms with E-state index in [-0.39, 0.29) is 10.6 Å². The number of hydrogen-bond acceptors (Lipinski definition) is 3. The first kappa shape index (κ1) is 19.7. The Morgan fingerprint density at radius 3 is 2.62 bits per heavy atom. The molecule has 0 aliphatic rings. The highest BCUT2D eigenvalue weighted by molar-refractivity contribution is 6.32. The first-order valence-corrected chi connectivity index (χ1v) is 8.36. The van der Waals surface area contributed by atoms with Gasteiger partial charge in [0.15, 0.2) is 6.10 Å². The third kappa shape index (κ3) is 5.17. The maximum Gasteiger partial charge on any atom is 0.331 e. The van der Waals surface area contributed by atoms with Crippen LogP contribution in [0.25, 0.3) is 6.08 Å². The fourth-order valence-corrected chi connectivity index (χ4v) is 2.50. The fourth-order valence-electron chi connectivity index (χ4n) is 2.28. The van der Waals surface area contributed by atoms with Crippen LogP contribution in [0, 0.1) is 19.7 Å². The second-order valence-corrected chi connectivity index (χ2v) is 6.26. The van der Waals surface area contributed by atoms with Gasteiger partial charge in [0.25, 0.3) is 5.91 Å². The molecule has 0 fully saturated rings. The lowest BCUT2D eigenvalue weighted by atomic mass is 10.1. The van der Waals surface area contributed by atoms with E-state index in [1.54, 1.807) is 6.07 Å². The average molecular weight is 376 g/mol. The van der Waals surface area contributed by atoms with Crippen molar-refractivity contribution in [3.05, 3.63) is 70.0 Å². The Kier molecular flexibility index (Phi) is 6.52.